The molecule has 0 atom stereocenters. The summed E-state index contributed by atoms with van der Waals surface area (Å²) in [5.41, 5.74) is 5.10. The number of aromatic nitrogens is 4. The van der Waals surface area contributed by atoms with Crippen LogP contribution in [0.25, 0.3) is 33.4 Å². The first-order valence-corrected chi connectivity index (χ1v) is 11.2. The summed E-state index contributed by atoms with van der Waals surface area (Å²) in [4.78, 5) is 25.0. The van der Waals surface area contributed by atoms with E-state index in [1.54, 1.807) is 12.4 Å². The summed E-state index contributed by atoms with van der Waals surface area (Å²) < 4.78 is 0. The van der Waals surface area contributed by atoms with Crippen molar-refractivity contribution in [3.63, 3.8) is 0 Å². The molecule has 0 spiro atoms. The minimum atomic E-state index is -0.211. The molecule has 0 saturated carbocycles. The van der Waals surface area contributed by atoms with E-state index in [-0.39, 0.29) is 5.56 Å². The highest BCUT2D eigenvalue weighted by Crippen LogP contribution is 2.25. The Morgan fingerprint density at radius 1 is 1.00 bits per heavy atom. The molecule has 4 aromatic rings. The van der Waals surface area contributed by atoms with E-state index in [1.165, 1.54) is 5.56 Å². The number of pyridine rings is 1. The van der Waals surface area contributed by atoms with Gasteiger partial charge in [-0.05, 0) is 55.8 Å². The molecule has 0 aliphatic carbocycles. The fourth-order valence-corrected chi connectivity index (χ4v) is 4.40. The van der Waals surface area contributed by atoms with Gasteiger partial charge in [0.25, 0.3) is 5.56 Å². The molecule has 3 aromatic heterocycles. The summed E-state index contributed by atoms with van der Waals surface area (Å²) in [6, 6.07) is 14.8. The Morgan fingerprint density at radius 3 is 2.53 bits per heavy atom. The summed E-state index contributed by atoms with van der Waals surface area (Å²) in [5.74, 6) is 0. The number of piperazine rings is 1. The molecule has 1 fully saturated rings. The van der Waals surface area contributed by atoms with Crippen molar-refractivity contribution in [3.05, 3.63) is 70.8 Å². The summed E-state index contributed by atoms with van der Waals surface area (Å²) in [6.07, 6.45) is 3.43. The lowest BCUT2D eigenvalue weighted by atomic mass is 10.1. The van der Waals surface area contributed by atoms with E-state index in [0.29, 0.717) is 17.3 Å². The van der Waals surface area contributed by atoms with Crippen LogP contribution in [0.1, 0.15) is 19.4 Å². The molecular formula is C25H28N6O. The molecule has 0 unspecified atom stereocenters. The zero-order valence-electron chi connectivity index (χ0n) is 18.5. The average Bonchev–Trinajstić information content (AvgIpc) is 3.23. The number of aromatic amines is 2. The fourth-order valence-electron chi connectivity index (χ4n) is 4.40. The van der Waals surface area contributed by atoms with Crippen LogP contribution in [0.15, 0.2) is 59.7 Å². The van der Waals surface area contributed by atoms with Crippen molar-refractivity contribution in [3.8, 4) is 22.5 Å². The SMILES string of the molecule is CC(C)N1CCN(Cc2ccc3[nH]c(-c4cc(-c5ccncc5)n[nH]c4=O)cc3c2)CC1. The predicted molar refractivity (Wildman–Crippen MR) is 127 cm³/mol. The van der Waals surface area contributed by atoms with Gasteiger partial charge in [-0.2, -0.15) is 5.10 Å². The maximum absolute atomic E-state index is 12.5. The Labute approximate surface area is 187 Å². The summed E-state index contributed by atoms with van der Waals surface area (Å²) >= 11 is 0. The lowest BCUT2D eigenvalue weighted by Crippen LogP contribution is -2.48. The zero-order valence-corrected chi connectivity index (χ0v) is 18.5. The van der Waals surface area contributed by atoms with Gasteiger partial charge >= 0.3 is 0 Å². The molecule has 32 heavy (non-hydrogen) atoms. The van der Waals surface area contributed by atoms with Crippen molar-refractivity contribution in [2.75, 3.05) is 26.2 Å². The van der Waals surface area contributed by atoms with Crippen LogP contribution in [0.4, 0.5) is 0 Å². The maximum atomic E-state index is 12.5. The van der Waals surface area contributed by atoms with Crippen LogP contribution >= 0.6 is 0 Å². The first-order chi connectivity index (χ1) is 15.6. The largest absolute Gasteiger partial charge is 0.354 e. The minimum Gasteiger partial charge on any atom is -0.354 e. The number of nitrogens with zero attached hydrogens (tertiary/aromatic N) is 4. The zero-order chi connectivity index (χ0) is 22.1. The van der Waals surface area contributed by atoms with Crippen molar-refractivity contribution < 1.29 is 0 Å². The quantitative estimate of drug-likeness (QED) is 0.508. The van der Waals surface area contributed by atoms with Crippen LogP contribution in [-0.2, 0) is 6.54 Å². The Hall–Kier alpha value is -3.29. The molecule has 7 nitrogen and oxygen atoms in total. The van der Waals surface area contributed by atoms with Gasteiger partial charge in [-0.15, -0.1) is 0 Å². The number of fused-ring (bicyclic) bond motifs is 1. The molecule has 0 bridgehead atoms. The van der Waals surface area contributed by atoms with Crippen LogP contribution in [0.5, 0.6) is 0 Å². The highest BCUT2D eigenvalue weighted by atomic mass is 16.1. The van der Waals surface area contributed by atoms with E-state index < -0.39 is 0 Å². The monoisotopic (exact) mass is 428 g/mol. The minimum absolute atomic E-state index is 0.211. The molecule has 1 aromatic carbocycles. The molecule has 1 saturated heterocycles. The van der Waals surface area contributed by atoms with Gasteiger partial charge < -0.3 is 4.98 Å². The van der Waals surface area contributed by atoms with Crippen molar-refractivity contribution in [1.29, 1.82) is 0 Å². The van der Waals surface area contributed by atoms with E-state index in [2.05, 4.69) is 68.1 Å². The molecule has 0 amide bonds. The summed E-state index contributed by atoms with van der Waals surface area (Å²) in [7, 11) is 0. The fraction of sp³-hybridized carbons (Fsp3) is 0.320. The number of nitrogens with one attached hydrogen (secondary N) is 2. The highest BCUT2D eigenvalue weighted by molar-refractivity contribution is 5.86. The third-order valence-corrected chi connectivity index (χ3v) is 6.30. The number of H-pyrrole nitrogens is 2. The first-order valence-electron chi connectivity index (χ1n) is 11.2. The van der Waals surface area contributed by atoms with E-state index in [9.17, 15) is 4.79 Å². The lowest BCUT2D eigenvalue weighted by molar-refractivity contribution is 0.104. The third-order valence-electron chi connectivity index (χ3n) is 6.30. The first kappa shape index (κ1) is 20.6. The second kappa shape index (κ2) is 8.68. The highest BCUT2D eigenvalue weighted by Gasteiger charge is 2.19. The second-order valence-corrected chi connectivity index (χ2v) is 8.74. The number of rotatable bonds is 5. The normalized spacial score (nSPS) is 15.6. The van der Waals surface area contributed by atoms with Gasteiger partial charge in [0, 0.05) is 67.6 Å². The van der Waals surface area contributed by atoms with E-state index >= 15 is 0 Å². The molecule has 164 valence electrons. The number of hydrogen-bond acceptors (Lipinski definition) is 5. The molecule has 5 rings (SSSR count). The van der Waals surface area contributed by atoms with Crippen molar-refractivity contribution in [1.82, 2.24) is 30.0 Å². The summed E-state index contributed by atoms with van der Waals surface area (Å²) in [5, 5.41) is 7.94. The van der Waals surface area contributed by atoms with Crippen molar-refractivity contribution in [2.24, 2.45) is 0 Å². The van der Waals surface area contributed by atoms with E-state index in [0.717, 1.165) is 54.9 Å². The third kappa shape index (κ3) is 4.22. The smallest absolute Gasteiger partial charge is 0.273 e. The van der Waals surface area contributed by atoms with Crippen LogP contribution < -0.4 is 5.56 Å². The second-order valence-electron chi connectivity index (χ2n) is 8.74. The van der Waals surface area contributed by atoms with Crippen LogP contribution in [0.3, 0.4) is 0 Å². The number of benzene rings is 1. The van der Waals surface area contributed by atoms with Crippen molar-refractivity contribution in [2.45, 2.75) is 26.4 Å². The Kier molecular flexibility index (Phi) is 5.59. The van der Waals surface area contributed by atoms with Crippen LogP contribution in [-0.4, -0.2) is 62.2 Å². The van der Waals surface area contributed by atoms with E-state index in [4.69, 9.17) is 0 Å². The Morgan fingerprint density at radius 2 is 1.78 bits per heavy atom. The van der Waals surface area contributed by atoms with Crippen LogP contribution in [0.2, 0.25) is 0 Å². The average molecular weight is 429 g/mol. The van der Waals surface area contributed by atoms with Gasteiger partial charge in [0.2, 0.25) is 0 Å². The molecule has 1 aliphatic rings. The molecule has 0 radical (unpaired) electrons. The Bertz CT molecular complexity index is 1270. The summed E-state index contributed by atoms with van der Waals surface area (Å²) in [6.45, 7) is 9.92. The van der Waals surface area contributed by atoms with Gasteiger partial charge in [0.05, 0.1) is 17.0 Å². The standard InChI is InChI=1S/C25H28N6O/c1-17(2)31-11-9-30(10-12-31)16-18-3-4-22-20(13-18)14-24(27-22)21-15-23(28-29-25(21)32)19-5-7-26-8-6-19/h3-8,13-15,17,27H,9-12,16H2,1-2H3,(H,29,32). The molecule has 1 aliphatic heterocycles. The van der Waals surface area contributed by atoms with Gasteiger partial charge in [0.1, 0.15) is 0 Å². The Balaban J connectivity index is 1.39. The molecule has 7 heteroatoms. The van der Waals surface area contributed by atoms with Crippen LogP contribution in [0, 0.1) is 0 Å². The van der Waals surface area contributed by atoms with Gasteiger partial charge in [0.15, 0.2) is 0 Å². The van der Waals surface area contributed by atoms with Gasteiger partial charge in [-0.3, -0.25) is 19.6 Å². The van der Waals surface area contributed by atoms with E-state index in [1.807, 2.05) is 18.2 Å². The molecule has 2 N–H and O–H groups in total. The van der Waals surface area contributed by atoms with Gasteiger partial charge in [-0.1, -0.05) is 6.07 Å². The lowest BCUT2D eigenvalue weighted by Gasteiger charge is -2.36. The molecule has 4 heterocycles. The van der Waals surface area contributed by atoms with Gasteiger partial charge in [-0.25, -0.2) is 5.10 Å². The van der Waals surface area contributed by atoms with Crippen molar-refractivity contribution >= 4 is 10.9 Å². The predicted octanol–water partition coefficient (Wildman–Crippen LogP) is 3.51. The number of hydrogen-bond donors (Lipinski definition) is 2. The topological polar surface area (TPSA) is 80.9 Å². The maximum Gasteiger partial charge on any atom is 0.273 e. The molecular weight excluding hydrogens is 400 g/mol.